The van der Waals surface area contributed by atoms with Crippen LogP contribution in [-0.4, -0.2) is 121 Å². The fourth-order valence-electron chi connectivity index (χ4n) is 7.72. The number of nitrogens with two attached hydrogens (primary N) is 1. The predicted octanol–water partition coefficient (Wildman–Crippen LogP) is 20.1. The Morgan fingerprint density at radius 1 is 0.509 bits per heavy atom. The first-order valence-electron chi connectivity index (χ1n) is 31.9. The van der Waals surface area contributed by atoms with Crippen molar-refractivity contribution in [2.24, 2.45) is 5.73 Å². The number of hydrogen-bond donors (Lipinski definition) is 2. The summed E-state index contributed by atoms with van der Waals surface area (Å²) in [4.78, 5) is 7.42. The highest BCUT2D eigenvalue weighted by atomic mass is 32.2. The first-order valence-corrected chi connectivity index (χ1v) is 45.1. The van der Waals surface area contributed by atoms with Crippen LogP contribution in [0.3, 0.4) is 0 Å². The molecule has 0 aliphatic heterocycles. The van der Waals surface area contributed by atoms with Crippen molar-refractivity contribution in [3.63, 3.8) is 0 Å². The van der Waals surface area contributed by atoms with Gasteiger partial charge in [-0.15, -0.1) is 45.3 Å². The van der Waals surface area contributed by atoms with Gasteiger partial charge in [-0.3, -0.25) is 4.21 Å². The maximum Gasteiger partial charge on any atom is 0.345 e. The van der Waals surface area contributed by atoms with Crippen LogP contribution < -0.4 is 11.1 Å². The quantitative estimate of drug-likeness (QED) is 0.0562. The first-order chi connectivity index (χ1) is 51.4. The van der Waals surface area contributed by atoms with Crippen molar-refractivity contribution >= 4 is 120 Å². The lowest BCUT2D eigenvalue weighted by atomic mass is 10.2. The van der Waals surface area contributed by atoms with E-state index in [4.69, 9.17) is 27.8 Å². The maximum absolute atomic E-state index is 11.9. The number of furan rings is 7. The molecule has 0 fully saturated rings. The molecule has 0 aromatic carbocycles. The van der Waals surface area contributed by atoms with Gasteiger partial charge in [0.25, 0.3) is 25.6 Å². The summed E-state index contributed by atoms with van der Waals surface area (Å²) in [5.41, 5.74) is 15.3. The third-order valence-electron chi connectivity index (χ3n) is 13.5. The second-order valence-corrected chi connectivity index (χ2v) is 37.4. The number of nitrogens with one attached hydrogen (secondary N) is 1. The van der Waals surface area contributed by atoms with E-state index in [1.807, 2.05) is 56.9 Å². The molecule has 11 aromatic heterocycles. The van der Waals surface area contributed by atoms with Gasteiger partial charge in [-0.05, 0) is 226 Å². The van der Waals surface area contributed by atoms with E-state index in [1.54, 1.807) is 111 Å². The lowest BCUT2D eigenvalue weighted by Crippen LogP contribution is -2.22. The molecule has 0 bridgehead atoms. The Morgan fingerprint density at radius 2 is 0.891 bits per heavy atom. The Hall–Kier alpha value is -6.15. The smallest absolute Gasteiger partial charge is 0.345 e. The molecule has 0 saturated heterocycles. The summed E-state index contributed by atoms with van der Waals surface area (Å²) >= 11 is 8.97. The molecule has 20 nitrogen and oxygen atoms in total. The molecule has 39 heteroatoms. The number of rotatable bonds is 19. The average molecular weight is 1760 g/mol. The topological polar surface area (TPSA) is 282 Å². The van der Waals surface area contributed by atoms with Crippen molar-refractivity contribution in [3.05, 3.63) is 213 Å². The zero-order chi connectivity index (χ0) is 83.8. The summed E-state index contributed by atoms with van der Waals surface area (Å²) in [6.45, 7) is 20.4. The minimum Gasteiger partial charge on any atom is -0.458 e. The van der Waals surface area contributed by atoms with E-state index in [0.717, 1.165) is 56.6 Å². The standard InChI is InChI=1S/C8H13NS.C7H8F2OS.C7H11NO3S.C7H11NS.C6H6F2O3S.C6H6F2O2S.C6H6F2OS.C6H9NS.C6H8O3S.C6H8O2S.C6H8OS/c1-7-8(4-5-10-7)6-9(2)3;1-5-6(2-3-11-5)4-10-7(8)9;1-6-4-5-11-7(6)12(9,10)8(2)3;1-6-7(5-8-2)3-4-9-6;1-4-2-3-11-5(4)12(9,10)6(7)8;1-4-2-3-10-5(4)11(9)6(7)8;1-4-2-3-9-5(4)10-6(7)8;1-5-6(4-7)2-3-8-5;1-5-3-4-9-6(5)10(2,7)8;1-5-3-4-8-6(5)9(2)7;1-5-3-4-7-6(5)8-2/h4-5H,6H2,1-3H3;2-3,7H,4H2,1H3;4-5H,1-3H3;3-4,8H,5H2,1-2H3;2-3,6H,1H3;2-3,6H,1H3;2-3,6H,1H3;2-3H,4,7H2,1H3;3-4H,1-2H3;3-4H,1-2H3;3-4H,1-2H3. The molecule has 110 heavy (non-hydrogen) atoms. The highest BCUT2D eigenvalue weighted by molar-refractivity contribution is 7.99. The van der Waals surface area contributed by atoms with Gasteiger partial charge in [0.2, 0.25) is 25.1 Å². The predicted molar refractivity (Wildman–Crippen MR) is 425 cm³/mol. The van der Waals surface area contributed by atoms with Crippen molar-refractivity contribution < 1.29 is 104 Å². The van der Waals surface area contributed by atoms with Crippen molar-refractivity contribution in [3.8, 4) is 0 Å². The molecular weight excluding hydrogens is 1670 g/mol. The normalized spacial score (nSPS) is 11.5. The Morgan fingerprint density at radius 3 is 1.16 bits per heavy atom. The van der Waals surface area contributed by atoms with Gasteiger partial charge in [0.05, 0.1) is 61.2 Å². The van der Waals surface area contributed by atoms with Crippen LogP contribution in [0.4, 0.5) is 35.1 Å². The average Bonchev–Trinajstić information content (AvgIpc) is 1.69. The number of aryl methyl sites for hydroxylation is 11. The van der Waals surface area contributed by atoms with Crippen LogP contribution in [0.25, 0.3) is 0 Å². The number of alkyl halides is 8. The number of ether oxygens (including phenoxy) is 1. The van der Waals surface area contributed by atoms with E-state index < -0.39 is 80.3 Å². The molecular formula is C71H94F8N4O16S11. The van der Waals surface area contributed by atoms with Crippen LogP contribution in [0, 0.1) is 76.2 Å². The van der Waals surface area contributed by atoms with E-state index in [0.29, 0.717) is 45.2 Å². The monoisotopic (exact) mass is 1760 g/mol. The van der Waals surface area contributed by atoms with E-state index >= 15 is 0 Å². The summed E-state index contributed by atoms with van der Waals surface area (Å²) in [5, 5.41) is 12.5. The zero-order valence-corrected chi connectivity index (χ0v) is 72.8. The molecule has 0 amide bonds. The Labute approximate surface area is 668 Å². The lowest BCUT2D eigenvalue weighted by Gasteiger charge is -2.08. The number of thioether (sulfide) groups is 2. The largest absolute Gasteiger partial charge is 0.458 e. The molecule has 0 spiro atoms. The SMILES string of the molecule is CNCc1ccsc1C.CSc1occc1C.Cc1ccoc1S(=O)(=O)C(F)F.Cc1ccoc1S(=O)(=O)N(C)C.Cc1ccoc1S(=O)C(F)F.Cc1ccoc1S(C)(=O)=O.Cc1ccoc1S(C)=O.Cc1ccoc1SC(F)F.Cc1sccc1CN.Cc1sccc1CN(C)C.Cc1sccc1COC(F)F. The summed E-state index contributed by atoms with van der Waals surface area (Å²) in [5.74, 6) is -8.70. The van der Waals surface area contributed by atoms with Crippen LogP contribution in [0.1, 0.15) is 80.7 Å². The highest BCUT2D eigenvalue weighted by Gasteiger charge is 2.31. The van der Waals surface area contributed by atoms with Gasteiger partial charge < -0.3 is 51.6 Å². The maximum atomic E-state index is 11.9. The summed E-state index contributed by atoms with van der Waals surface area (Å²) < 4.78 is 220. The molecule has 0 radical (unpaired) electrons. The van der Waals surface area contributed by atoms with Crippen LogP contribution in [0.5, 0.6) is 0 Å². The van der Waals surface area contributed by atoms with Gasteiger partial charge in [0, 0.05) is 105 Å². The minimum atomic E-state index is -4.56. The van der Waals surface area contributed by atoms with Crippen molar-refractivity contribution in [1.29, 1.82) is 0 Å². The molecule has 11 rings (SSSR count). The molecule has 3 N–H and O–H groups in total. The zero-order valence-electron chi connectivity index (χ0n) is 63.9. The summed E-state index contributed by atoms with van der Waals surface area (Å²) in [7, 11) is -5.31. The Kier molecular flexibility index (Phi) is 48.4. The molecule has 616 valence electrons. The third-order valence-corrected chi connectivity index (χ3v) is 25.1. The molecule has 0 saturated carbocycles. The van der Waals surface area contributed by atoms with E-state index in [2.05, 4.69) is 93.0 Å². The van der Waals surface area contributed by atoms with E-state index in [-0.39, 0.29) is 27.4 Å². The fourth-order valence-corrected chi connectivity index (χ4v) is 15.8. The lowest BCUT2D eigenvalue weighted by molar-refractivity contribution is -0.137. The minimum absolute atomic E-state index is 0.00694. The summed E-state index contributed by atoms with van der Waals surface area (Å²) in [6, 6.07) is 19.7. The molecule has 0 aliphatic carbocycles. The van der Waals surface area contributed by atoms with Gasteiger partial charge in [0.1, 0.15) is 0 Å². The Bertz CT molecular complexity index is 4570. The number of sulfone groups is 2. The molecule has 0 aliphatic rings. The number of hydrogen-bond acceptors (Lipinski definition) is 25. The fraction of sp³-hybridized carbons (Fsp3) is 0.380. The van der Waals surface area contributed by atoms with Crippen molar-refractivity contribution in [2.75, 3.05) is 54.0 Å². The molecule has 11 aromatic rings. The van der Waals surface area contributed by atoms with Gasteiger partial charge in [-0.1, -0.05) is 11.8 Å². The van der Waals surface area contributed by atoms with Crippen LogP contribution >= 0.6 is 68.9 Å². The van der Waals surface area contributed by atoms with Crippen LogP contribution in [-0.2, 0) is 82.3 Å². The van der Waals surface area contributed by atoms with Crippen molar-refractivity contribution in [2.45, 2.75) is 162 Å². The molecule has 2 atom stereocenters. The first kappa shape index (κ1) is 102. The van der Waals surface area contributed by atoms with Gasteiger partial charge in [0.15, 0.2) is 31.2 Å². The number of halogens is 8. The van der Waals surface area contributed by atoms with Gasteiger partial charge in [-0.25, -0.2) is 33.8 Å². The van der Waals surface area contributed by atoms with Crippen LogP contribution in [0.2, 0.25) is 0 Å². The second-order valence-electron chi connectivity index (χ2n) is 22.7. The Balaban J connectivity index is 0.000000606. The van der Waals surface area contributed by atoms with E-state index in [1.165, 1.54) is 106 Å². The van der Waals surface area contributed by atoms with Crippen LogP contribution in [0.15, 0.2) is 199 Å². The van der Waals surface area contributed by atoms with E-state index in [9.17, 15) is 68.8 Å². The number of nitrogens with zero attached hydrogens (tertiary/aromatic N) is 2. The van der Waals surface area contributed by atoms with Gasteiger partial charge in [-0.2, -0.15) is 35.1 Å². The second kappa shape index (κ2) is 52.3. The number of thiophene rings is 4. The summed E-state index contributed by atoms with van der Waals surface area (Å²) in [6.07, 6.45) is 14.4. The van der Waals surface area contributed by atoms with Gasteiger partial charge >= 0.3 is 18.1 Å². The molecule has 11 heterocycles. The highest BCUT2D eigenvalue weighted by Crippen LogP contribution is 2.29. The third kappa shape index (κ3) is 37.7. The van der Waals surface area contributed by atoms with Crippen molar-refractivity contribution in [1.82, 2.24) is 14.5 Å². The number of sulfonamides is 1. The molecule has 2 unspecified atom stereocenters.